The van der Waals surface area contributed by atoms with Crippen molar-refractivity contribution in [2.45, 2.75) is 37.4 Å². The van der Waals surface area contributed by atoms with Gasteiger partial charge in [-0.1, -0.05) is 5.16 Å². The van der Waals surface area contributed by atoms with Crippen LogP contribution in [0.25, 0.3) is 0 Å². The number of carbonyl (C=O) groups is 4. The summed E-state index contributed by atoms with van der Waals surface area (Å²) in [4.78, 5) is 63.8. The van der Waals surface area contributed by atoms with Crippen molar-refractivity contribution in [3.8, 4) is 0 Å². The minimum Gasteiger partial charge on any atom is -0.543 e. The van der Waals surface area contributed by atoms with E-state index in [0.29, 0.717) is 5.57 Å². The molecule has 2 aliphatic rings. The first-order valence-corrected chi connectivity index (χ1v) is 13.7. The molecule has 21 heteroatoms. The molecule has 19 nitrogen and oxygen atoms in total. The first kappa shape index (κ1) is 30.0. The largest absolute Gasteiger partial charge is 0.543 e. The maximum atomic E-state index is 13.2. The molecule has 224 valence electrons. The topological polar surface area (TPSA) is 299 Å². The number of thioether (sulfide) groups is 1. The van der Waals surface area contributed by atoms with Gasteiger partial charge in [-0.25, -0.2) is 9.79 Å². The second-order valence-electron chi connectivity index (χ2n) is 9.46. The Morgan fingerprint density at radius 2 is 2.02 bits per heavy atom. The van der Waals surface area contributed by atoms with Gasteiger partial charge in [0, 0.05) is 22.9 Å². The SMILES string of the molecule is Cn1c(N)c(N=C(N)N)c[n+]1CC1=C(C(=O)[O-])N2C(=O)[C@@H](NC(=O)/C(=N\OC(C)(C)C(=O)O)c3nsc(N)n3)[C@H]2SC1. The maximum absolute atomic E-state index is 13.2. The minimum absolute atomic E-state index is 0.00346. The average Bonchev–Trinajstić information content (AvgIpc) is 3.44. The molecule has 2 aliphatic heterocycles. The lowest BCUT2D eigenvalue weighted by Gasteiger charge is -2.50. The molecule has 4 heterocycles. The number of oxime groups is 1. The Morgan fingerprint density at radius 1 is 1.33 bits per heavy atom. The zero-order valence-electron chi connectivity index (χ0n) is 22.3. The number of anilines is 2. The number of carboxylic acid groups (broad SMARTS) is 2. The van der Waals surface area contributed by atoms with Crippen molar-refractivity contribution < 1.29 is 38.9 Å². The molecule has 2 aromatic heterocycles. The van der Waals surface area contributed by atoms with Gasteiger partial charge in [0.2, 0.25) is 23.3 Å². The number of hydrogen-bond acceptors (Lipinski definition) is 14. The molecular formula is C21H26N12O7S2. The normalized spacial score (nSPS) is 18.7. The average molecular weight is 623 g/mol. The van der Waals surface area contributed by atoms with Crippen LogP contribution in [-0.4, -0.2) is 82.2 Å². The third-order valence-electron chi connectivity index (χ3n) is 6.15. The van der Waals surface area contributed by atoms with Crippen LogP contribution in [-0.2, 0) is 37.6 Å². The van der Waals surface area contributed by atoms with Crippen molar-refractivity contribution in [1.82, 2.24) is 24.3 Å². The van der Waals surface area contributed by atoms with Crippen LogP contribution in [0.1, 0.15) is 19.7 Å². The van der Waals surface area contributed by atoms with E-state index in [-0.39, 0.29) is 46.4 Å². The zero-order valence-corrected chi connectivity index (χ0v) is 23.9. The molecule has 10 N–H and O–H groups in total. The predicted octanol–water partition coefficient (Wildman–Crippen LogP) is -4.08. The van der Waals surface area contributed by atoms with Crippen LogP contribution >= 0.6 is 23.3 Å². The van der Waals surface area contributed by atoms with E-state index in [4.69, 9.17) is 27.8 Å². The summed E-state index contributed by atoms with van der Waals surface area (Å²) >= 11 is 1.95. The van der Waals surface area contributed by atoms with E-state index in [9.17, 15) is 29.4 Å². The van der Waals surface area contributed by atoms with Gasteiger partial charge in [-0.3, -0.25) is 14.5 Å². The summed E-state index contributed by atoms with van der Waals surface area (Å²) in [5.41, 5.74) is 20.4. The Morgan fingerprint density at radius 3 is 2.60 bits per heavy atom. The molecule has 2 aromatic rings. The molecule has 0 aromatic carbocycles. The molecule has 0 spiro atoms. The number of fused-ring (bicyclic) bond motifs is 1. The number of nitrogens with two attached hydrogens (primary N) is 4. The van der Waals surface area contributed by atoms with E-state index >= 15 is 0 Å². The summed E-state index contributed by atoms with van der Waals surface area (Å²) in [7, 11) is 1.62. The molecule has 4 rings (SSSR count). The summed E-state index contributed by atoms with van der Waals surface area (Å²) in [6.45, 7) is 2.42. The Bertz CT molecular complexity index is 1570. The van der Waals surface area contributed by atoms with E-state index in [0.717, 1.165) is 16.4 Å². The summed E-state index contributed by atoms with van der Waals surface area (Å²) in [6, 6.07) is -1.17. The number of nitrogens with one attached hydrogen (secondary N) is 1. The highest BCUT2D eigenvalue weighted by atomic mass is 32.2. The summed E-state index contributed by atoms with van der Waals surface area (Å²) in [5.74, 6) is -4.76. The summed E-state index contributed by atoms with van der Waals surface area (Å²) in [5, 5.41) is 26.8. The quantitative estimate of drug-likeness (QED) is 0.0483. The lowest BCUT2D eigenvalue weighted by Crippen LogP contribution is -2.71. The number of guanidine groups is 1. The number of β-lactam (4-membered cyclic amide) rings is 1. The smallest absolute Gasteiger partial charge is 0.350 e. The van der Waals surface area contributed by atoms with Crippen LogP contribution in [0.4, 0.5) is 16.6 Å². The molecule has 2 amide bonds. The molecule has 1 saturated heterocycles. The molecule has 1 fully saturated rings. The third-order valence-corrected chi connectivity index (χ3v) is 8.03. The highest BCUT2D eigenvalue weighted by molar-refractivity contribution is 8.00. The fourth-order valence-electron chi connectivity index (χ4n) is 3.89. The molecule has 0 radical (unpaired) electrons. The van der Waals surface area contributed by atoms with Gasteiger partial charge in [0.15, 0.2) is 29.1 Å². The van der Waals surface area contributed by atoms with Gasteiger partial charge in [0.1, 0.15) is 11.4 Å². The number of hydrogen-bond donors (Lipinski definition) is 6. The molecular weight excluding hydrogens is 596 g/mol. The Balaban J connectivity index is 1.57. The molecule has 0 aliphatic carbocycles. The van der Waals surface area contributed by atoms with Gasteiger partial charge in [-0.15, -0.1) is 21.1 Å². The Kier molecular flexibility index (Phi) is 7.98. The molecule has 2 atom stereocenters. The number of aromatic nitrogens is 4. The monoisotopic (exact) mass is 622 g/mol. The molecule has 0 bridgehead atoms. The number of rotatable bonds is 10. The van der Waals surface area contributed by atoms with E-state index in [2.05, 4.69) is 24.8 Å². The number of nitrogen functional groups attached to an aromatic ring is 2. The maximum Gasteiger partial charge on any atom is 0.350 e. The molecule has 42 heavy (non-hydrogen) atoms. The van der Waals surface area contributed by atoms with Gasteiger partial charge in [-0.05, 0) is 13.8 Å². The van der Waals surface area contributed by atoms with Gasteiger partial charge in [-0.2, -0.15) is 9.36 Å². The summed E-state index contributed by atoms with van der Waals surface area (Å²) in [6.07, 6.45) is 1.51. The van der Waals surface area contributed by atoms with Crippen molar-refractivity contribution in [3.63, 3.8) is 0 Å². The lowest BCUT2D eigenvalue weighted by atomic mass is 10.0. The Labute approximate surface area is 245 Å². The first-order valence-electron chi connectivity index (χ1n) is 11.8. The number of nitrogens with zero attached hydrogens (tertiary/aromatic N) is 7. The fraction of sp³-hybridized carbons (Fsp3) is 0.381. The van der Waals surface area contributed by atoms with Gasteiger partial charge >= 0.3 is 5.97 Å². The van der Waals surface area contributed by atoms with Crippen LogP contribution in [0.5, 0.6) is 0 Å². The van der Waals surface area contributed by atoms with Crippen LogP contribution in [0.2, 0.25) is 0 Å². The second kappa shape index (κ2) is 11.2. The molecule has 0 saturated carbocycles. The highest BCUT2D eigenvalue weighted by Gasteiger charge is 2.53. The number of aliphatic imine (C=N–C) groups is 1. The number of carbonyl (C=O) groups excluding carboxylic acids is 3. The van der Waals surface area contributed by atoms with Crippen molar-refractivity contribution in [3.05, 3.63) is 23.3 Å². The van der Waals surface area contributed by atoms with E-state index in [1.807, 2.05) is 0 Å². The van der Waals surface area contributed by atoms with Crippen molar-refractivity contribution in [1.29, 1.82) is 0 Å². The number of carboxylic acids is 2. The van der Waals surface area contributed by atoms with Gasteiger partial charge in [0.05, 0.1) is 18.7 Å². The van der Waals surface area contributed by atoms with Gasteiger partial charge < -0.3 is 48.1 Å². The van der Waals surface area contributed by atoms with Crippen LogP contribution < -0.4 is 38.0 Å². The fourth-order valence-corrected chi connectivity index (χ4v) is 5.66. The van der Waals surface area contributed by atoms with E-state index < -0.39 is 46.5 Å². The van der Waals surface area contributed by atoms with Crippen molar-refractivity contribution >= 4 is 75.4 Å². The second-order valence-corrected chi connectivity index (χ2v) is 11.3. The first-order chi connectivity index (χ1) is 19.6. The van der Waals surface area contributed by atoms with E-state index in [1.165, 1.54) is 36.5 Å². The highest BCUT2D eigenvalue weighted by Crippen LogP contribution is 2.40. The molecule has 0 unspecified atom stereocenters. The third kappa shape index (κ3) is 5.63. The van der Waals surface area contributed by atoms with Gasteiger partial charge in [0.25, 0.3) is 11.8 Å². The zero-order chi connectivity index (χ0) is 31.1. The Hall–Kier alpha value is -4.92. The minimum atomic E-state index is -1.81. The van der Waals surface area contributed by atoms with Crippen LogP contribution in [0, 0.1) is 0 Å². The van der Waals surface area contributed by atoms with E-state index in [1.54, 1.807) is 11.7 Å². The summed E-state index contributed by atoms with van der Waals surface area (Å²) < 4.78 is 6.98. The van der Waals surface area contributed by atoms with Crippen molar-refractivity contribution in [2.24, 2.45) is 28.7 Å². The van der Waals surface area contributed by atoms with Crippen LogP contribution in [0.15, 0.2) is 27.6 Å². The lowest BCUT2D eigenvalue weighted by molar-refractivity contribution is -0.765. The number of aliphatic carboxylic acids is 2. The number of amides is 2. The van der Waals surface area contributed by atoms with Crippen molar-refractivity contribution in [2.75, 3.05) is 17.2 Å². The predicted molar refractivity (Wildman–Crippen MR) is 146 cm³/mol. The standard InChI is InChI=1S/C21H26N12O7S2/c1-21(2,18(38)39)40-29-9(13-28-20(25)42-30-13)14(34)27-10-15(35)33-11(17(36)37)7(6-41-16(10)33)4-32-5-8(26-19(23)24)12(22)31(32)3/h5,10,16,22H,4,6H2,1-3H3,(H9,23,24,25,26,27,28,30,34,36,37,38,39)/b29-9-/t10-,16-/m1/s1. The van der Waals surface area contributed by atoms with Crippen LogP contribution in [0.3, 0.4) is 0 Å².